The number of hydrogen-bond acceptors (Lipinski definition) is 5. The van der Waals surface area contributed by atoms with Gasteiger partial charge in [0, 0.05) is 6.04 Å². The van der Waals surface area contributed by atoms with E-state index in [1.165, 1.54) is 0 Å². The van der Waals surface area contributed by atoms with Gasteiger partial charge in [-0.3, -0.25) is 9.59 Å². The molecule has 0 heterocycles. The van der Waals surface area contributed by atoms with Gasteiger partial charge in [-0.15, -0.1) is 0 Å². The summed E-state index contributed by atoms with van der Waals surface area (Å²) in [5.74, 6) is -2.23. The van der Waals surface area contributed by atoms with Crippen molar-refractivity contribution in [3.05, 3.63) is 30.1 Å². The highest BCUT2D eigenvalue weighted by Gasteiger charge is 2.18. The molecule has 0 unspecified atom stereocenters. The molecular formula is C15H20FNO5S. The van der Waals surface area contributed by atoms with E-state index in [4.69, 9.17) is 4.74 Å². The predicted molar refractivity (Wildman–Crippen MR) is 81.9 cm³/mol. The van der Waals surface area contributed by atoms with Gasteiger partial charge < -0.3 is 10.1 Å². The van der Waals surface area contributed by atoms with Crippen molar-refractivity contribution in [2.24, 2.45) is 0 Å². The molecule has 8 heteroatoms. The number of rotatable bonds is 8. The number of ether oxygens (including phenoxy) is 1. The van der Waals surface area contributed by atoms with Crippen molar-refractivity contribution in [1.29, 1.82) is 0 Å². The van der Waals surface area contributed by atoms with Crippen LogP contribution in [-0.2, 0) is 24.2 Å². The summed E-state index contributed by atoms with van der Waals surface area (Å²) in [6, 6.07) is 4.31. The molecule has 0 aliphatic carbocycles. The molecule has 0 aliphatic rings. The lowest BCUT2D eigenvalue weighted by Gasteiger charge is -2.11. The number of carbonyl (C=O) groups is 2. The fourth-order valence-corrected chi connectivity index (χ4v) is 2.84. The Labute approximate surface area is 134 Å². The topological polar surface area (TPSA) is 89.5 Å². The minimum absolute atomic E-state index is 0.0277. The van der Waals surface area contributed by atoms with Crippen LogP contribution in [0.15, 0.2) is 29.2 Å². The molecule has 0 bridgehead atoms. The molecule has 0 radical (unpaired) electrons. The minimum Gasteiger partial charge on any atom is -0.456 e. The van der Waals surface area contributed by atoms with Crippen LogP contribution in [0.1, 0.15) is 26.7 Å². The Kier molecular flexibility index (Phi) is 7.15. The Morgan fingerprint density at radius 2 is 1.87 bits per heavy atom. The molecule has 1 N–H and O–H groups in total. The third-order valence-electron chi connectivity index (χ3n) is 3.13. The quantitative estimate of drug-likeness (QED) is 0.569. The van der Waals surface area contributed by atoms with Crippen molar-refractivity contribution in [3.63, 3.8) is 0 Å². The van der Waals surface area contributed by atoms with Gasteiger partial charge in [-0.2, -0.15) is 0 Å². The normalized spacial score (nSPS) is 12.5. The summed E-state index contributed by atoms with van der Waals surface area (Å²) >= 11 is 0. The highest BCUT2D eigenvalue weighted by atomic mass is 32.2. The van der Waals surface area contributed by atoms with E-state index >= 15 is 0 Å². The van der Waals surface area contributed by atoms with E-state index in [2.05, 4.69) is 5.32 Å². The van der Waals surface area contributed by atoms with E-state index in [-0.39, 0.29) is 17.4 Å². The second-order valence-electron chi connectivity index (χ2n) is 5.06. The molecule has 6 nitrogen and oxygen atoms in total. The first-order valence-corrected chi connectivity index (χ1v) is 8.83. The average Bonchev–Trinajstić information content (AvgIpc) is 2.51. The Morgan fingerprint density at radius 1 is 1.26 bits per heavy atom. The second-order valence-corrected chi connectivity index (χ2v) is 7.17. The molecule has 0 fully saturated rings. The molecule has 1 rings (SSSR count). The number of halogens is 1. The van der Waals surface area contributed by atoms with Crippen LogP contribution in [0.4, 0.5) is 4.39 Å². The summed E-state index contributed by atoms with van der Waals surface area (Å²) < 4.78 is 41.4. The van der Waals surface area contributed by atoms with Crippen molar-refractivity contribution in [2.45, 2.75) is 37.6 Å². The summed E-state index contributed by atoms with van der Waals surface area (Å²) in [7, 11) is -3.70. The summed E-state index contributed by atoms with van der Waals surface area (Å²) in [5, 5.41) is 2.62. The number of hydrogen-bond donors (Lipinski definition) is 1. The number of carbonyl (C=O) groups excluding carboxylic acids is 2. The Morgan fingerprint density at radius 3 is 2.43 bits per heavy atom. The SMILES string of the molecule is CC[C@H](C)NC(=O)COC(=O)CCS(=O)(=O)c1ccc(F)cc1. The minimum atomic E-state index is -3.70. The van der Waals surface area contributed by atoms with E-state index < -0.39 is 39.9 Å². The maximum atomic E-state index is 12.8. The molecule has 1 aromatic rings. The van der Waals surface area contributed by atoms with E-state index in [1.54, 1.807) is 0 Å². The van der Waals surface area contributed by atoms with Crippen molar-refractivity contribution in [2.75, 3.05) is 12.4 Å². The summed E-state index contributed by atoms with van der Waals surface area (Å²) in [5.41, 5.74) is 0. The van der Waals surface area contributed by atoms with Crippen molar-refractivity contribution in [1.82, 2.24) is 5.32 Å². The van der Waals surface area contributed by atoms with Crippen LogP contribution in [0, 0.1) is 5.82 Å². The molecule has 1 aromatic carbocycles. The van der Waals surface area contributed by atoms with Crippen LogP contribution in [0.25, 0.3) is 0 Å². The van der Waals surface area contributed by atoms with Gasteiger partial charge in [-0.1, -0.05) is 6.92 Å². The van der Waals surface area contributed by atoms with Gasteiger partial charge in [0.15, 0.2) is 16.4 Å². The van der Waals surface area contributed by atoms with Crippen LogP contribution in [0.5, 0.6) is 0 Å². The molecule has 0 aromatic heterocycles. The van der Waals surface area contributed by atoms with Crippen LogP contribution in [0.2, 0.25) is 0 Å². The lowest BCUT2D eigenvalue weighted by molar-refractivity contribution is -0.148. The standard InChI is InChI=1S/C15H20FNO5S/c1-3-11(2)17-14(18)10-22-15(19)8-9-23(20,21)13-6-4-12(16)5-7-13/h4-7,11H,3,8-10H2,1-2H3,(H,17,18)/t11-/m0/s1. The van der Waals surface area contributed by atoms with Gasteiger partial charge in [0.1, 0.15) is 5.82 Å². The highest BCUT2D eigenvalue weighted by molar-refractivity contribution is 7.91. The molecule has 23 heavy (non-hydrogen) atoms. The van der Waals surface area contributed by atoms with E-state index in [0.717, 1.165) is 30.7 Å². The van der Waals surface area contributed by atoms with E-state index in [0.29, 0.717) is 0 Å². The lowest BCUT2D eigenvalue weighted by atomic mass is 10.2. The summed E-state index contributed by atoms with van der Waals surface area (Å²) in [6.07, 6.45) is 0.367. The van der Waals surface area contributed by atoms with Crippen LogP contribution in [0.3, 0.4) is 0 Å². The van der Waals surface area contributed by atoms with E-state index in [1.807, 2.05) is 13.8 Å². The zero-order valence-electron chi connectivity index (χ0n) is 13.0. The fourth-order valence-electron chi connectivity index (χ4n) is 1.61. The monoisotopic (exact) mass is 345 g/mol. The Hall–Kier alpha value is -1.96. The van der Waals surface area contributed by atoms with Gasteiger partial charge in [-0.25, -0.2) is 12.8 Å². The predicted octanol–water partition coefficient (Wildman–Crippen LogP) is 1.45. The van der Waals surface area contributed by atoms with E-state index in [9.17, 15) is 22.4 Å². The zero-order chi connectivity index (χ0) is 17.5. The molecule has 0 saturated heterocycles. The smallest absolute Gasteiger partial charge is 0.307 e. The Bertz CT molecular complexity index is 642. The first-order valence-electron chi connectivity index (χ1n) is 7.18. The van der Waals surface area contributed by atoms with Gasteiger partial charge in [0.2, 0.25) is 0 Å². The molecule has 1 amide bonds. The van der Waals surface area contributed by atoms with Crippen molar-refractivity contribution < 1.29 is 27.1 Å². The largest absolute Gasteiger partial charge is 0.456 e. The van der Waals surface area contributed by atoms with Crippen LogP contribution in [-0.4, -0.2) is 38.7 Å². The van der Waals surface area contributed by atoms with Crippen LogP contribution >= 0.6 is 0 Å². The van der Waals surface area contributed by atoms with Gasteiger partial charge in [0.25, 0.3) is 5.91 Å². The molecule has 128 valence electrons. The summed E-state index contributed by atoms with van der Waals surface area (Å²) in [4.78, 5) is 22.9. The number of sulfone groups is 1. The number of amides is 1. The molecule has 0 saturated carbocycles. The number of nitrogens with one attached hydrogen (secondary N) is 1. The molecule has 1 atom stereocenters. The molecule has 0 aliphatic heterocycles. The maximum Gasteiger partial charge on any atom is 0.307 e. The fraction of sp³-hybridized carbons (Fsp3) is 0.467. The average molecular weight is 345 g/mol. The third-order valence-corrected chi connectivity index (χ3v) is 4.86. The van der Waals surface area contributed by atoms with Gasteiger partial charge in [-0.05, 0) is 37.6 Å². The Balaban J connectivity index is 2.43. The first-order chi connectivity index (χ1) is 10.7. The van der Waals surface area contributed by atoms with Crippen LogP contribution < -0.4 is 5.32 Å². The summed E-state index contributed by atoms with van der Waals surface area (Å²) in [6.45, 7) is 3.27. The number of esters is 1. The third kappa shape index (κ3) is 6.77. The number of benzene rings is 1. The molecular weight excluding hydrogens is 325 g/mol. The lowest BCUT2D eigenvalue weighted by Crippen LogP contribution is -2.35. The van der Waals surface area contributed by atoms with Gasteiger partial charge in [0.05, 0.1) is 17.1 Å². The zero-order valence-corrected chi connectivity index (χ0v) is 13.9. The highest BCUT2D eigenvalue weighted by Crippen LogP contribution is 2.13. The second kappa shape index (κ2) is 8.61. The maximum absolute atomic E-state index is 12.8. The van der Waals surface area contributed by atoms with Crippen molar-refractivity contribution in [3.8, 4) is 0 Å². The molecule has 0 spiro atoms. The van der Waals surface area contributed by atoms with Gasteiger partial charge >= 0.3 is 5.97 Å². The first kappa shape index (κ1) is 19.1. The van der Waals surface area contributed by atoms with Crippen molar-refractivity contribution >= 4 is 21.7 Å².